The second kappa shape index (κ2) is 5.14. The van der Waals surface area contributed by atoms with Crippen LogP contribution in [0.3, 0.4) is 0 Å². The van der Waals surface area contributed by atoms with Crippen molar-refractivity contribution in [1.29, 1.82) is 0 Å². The first-order chi connectivity index (χ1) is 8.47. The fourth-order valence-electron chi connectivity index (χ4n) is 2.38. The van der Waals surface area contributed by atoms with Gasteiger partial charge < -0.3 is 0 Å². The Kier molecular flexibility index (Phi) is 3.76. The van der Waals surface area contributed by atoms with Crippen LogP contribution in [0.2, 0.25) is 0 Å². The zero-order valence-electron chi connectivity index (χ0n) is 10.6. The predicted molar refractivity (Wildman–Crippen MR) is 65.5 cm³/mol. The van der Waals surface area contributed by atoms with Crippen molar-refractivity contribution in [2.45, 2.75) is 13.8 Å². The summed E-state index contributed by atoms with van der Waals surface area (Å²) < 4.78 is 26.2. The van der Waals surface area contributed by atoms with Crippen molar-refractivity contribution < 1.29 is 13.6 Å². The lowest BCUT2D eigenvalue weighted by atomic mass is 10.0. The van der Waals surface area contributed by atoms with Crippen LogP contribution in [0.1, 0.15) is 24.2 Å². The van der Waals surface area contributed by atoms with Gasteiger partial charge in [0.25, 0.3) is 0 Å². The highest BCUT2D eigenvalue weighted by molar-refractivity contribution is 5.97. The summed E-state index contributed by atoms with van der Waals surface area (Å²) in [5.74, 6) is -0.617. The maximum Gasteiger partial charge on any atom is 0.179 e. The summed E-state index contributed by atoms with van der Waals surface area (Å²) in [6.45, 7) is 6.21. The lowest BCUT2D eigenvalue weighted by Gasteiger charge is -2.14. The Balaban J connectivity index is 2.04. The molecule has 98 valence electrons. The minimum atomic E-state index is -0.778. The Bertz CT molecular complexity index is 451. The molecule has 1 aromatic carbocycles. The molecular formula is C14H17F2NO. The third-order valence-electron chi connectivity index (χ3n) is 3.66. The molecule has 1 saturated heterocycles. The summed E-state index contributed by atoms with van der Waals surface area (Å²) in [5, 5.41) is 0. The lowest BCUT2D eigenvalue weighted by Crippen LogP contribution is -2.28. The Hall–Kier alpha value is -1.29. The number of hydrogen-bond donors (Lipinski definition) is 0. The van der Waals surface area contributed by atoms with Crippen LogP contribution in [-0.4, -0.2) is 30.3 Å². The van der Waals surface area contributed by atoms with Crippen molar-refractivity contribution in [3.8, 4) is 0 Å². The SMILES string of the molecule is CC1CN(CC(=O)c2ccc(F)cc2F)CC1C. The Labute approximate surface area is 106 Å². The number of halogens is 2. The van der Waals surface area contributed by atoms with E-state index >= 15 is 0 Å². The minimum absolute atomic E-state index is 0.0244. The van der Waals surface area contributed by atoms with Gasteiger partial charge in [-0.1, -0.05) is 13.8 Å². The average Bonchev–Trinajstić information content (AvgIpc) is 2.57. The number of rotatable bonds is 3. The summed E-state index contributed by atoms with van der Waals surface area (Å²) in [7, 11) is 0. The average molecular weight is 253 g/mol. The van der Waals surface area contributed by atoms with Crippen LogP contribution in [0.5, 0.6) is 0 Å². The van der Waals surface area contributed by atoms with Gasteiger partial charge in [0.05, 0.1) is 12.1 Å². The van der Waals surface area contributed by atoms with Crippen LogP contribution in [0.15, 0.2) is 18.2 Å². The van der Waals surface area contributed by atoms with Crippen LogP contribution in [0.25, 0.3) is 0 Å². The van der Waals surface area contributed by atoms with Gasteiger partial charge in [0.1, 0.15) is 11.6 Å². The molecule has 2 rings (SSSR count). The Morgan fingerprint density at radius 2 is 1.89 bits per heavy atom. The Morgan fingerprint density at radius 3 is 2.44 bits per heavy atom. The summed E-state index contributed by atoms with van der Waals surface area (Å²) in [4.78, 5) is 14.0. The molecule has 1 fully saturated rings. The smallest absolute Gasteiger partial charge is 0.179 e. The van der Waals surface area contributed by atoms with Crippen LogP contribution in [-0.2, 0) is 0 Å². The van der Waals surface area contributed by atoms with Gasteiger partial charge in [0, 0.05) is 19.2 Å². The largest absolute Gasteiger partial charge is 0.295 e. The van der Waals surface area contributed by atoms with Crippen LogP contribution in [0.4, 0.5) is 8.78 Å². The van der Waals surface area contributed by atoms with E-state index in [9.17, 15) is 13.6 Å². The van der Waals surface area contributed by atoms with Gasteiger partial charge in [0.2, 0.25) is 0 Å². The van der Waals surface area contributed by atoms with E-state index < -0.39 is 11.6 Å². The van der Waals surface area contributed by atoms with E-state index in [1.807, 2.05) is 4.90 Å². The number of benzene rings is 1. The molecule has 0 bridgehead atoms. The third-order valence-corrected chi connectivity index (χ3v) is 3.66. The molecule has 0 aliphatic carbocycles. The van der Waals surface area contributed by atoms with Crippen molar-refractivity contribution in [3.63, 3.8) is 0 Å². The maximum absolute atomic E-state index is 13.4. The van der Waals surface area contributed by atoms with Gasteiger partial charge >= 0.3 is 0 Å². The van der Waals surface area contributed by atoms with Crippen molar-refractivity contribution in [1.82, 2.24) is 4.90 Å². The molecule has 1 aromatic rings. The second-order valence-electron chi connectivity index (χ2n) is 5.20. The number of ketones is 1. The maximum atomic E-state index is 13.4. The van der Waals surface area contributed by atoms with Crippen LogP contribution >= 0.6 is 0 Å². The molecule has 1 heterocycles. The van der Waals surface area contributed by atoms with Crippen molar-refractivity contribution in [2.75, 3.05) is 19.6 Å². The van der Waals surface area contributed by atoms with Crippen LogP contribution < -0.4 is 0 Å². The van der Waals surface area contributed by atoms with Gasteiger partial charge in [-0.2, -0.15) is 0 Å². The molecule has 0 N–H and O–H groups in total. The van der Waals surface area contributed by atoms with E-state index in [0.29, 0.717) is 11.8 Å². The van der Waals surface area contributed by atoms with E-state index in [2.05, 4.69) is 13.8 Å². The number of Topliss-reactive ketones (excluding diaryl/α,β-unsaturated/α-hetero) is 1. The monoisotopic (exact) mass is 253 g/mol. The van der Waals surface area contributed by atoms with Gasteiger partial charge in [-0.05, 0) is 24.0 Å². The van der Waals surface area contributed by atoms with E-state index in [0.717, 1.165) is 25.2 Å². The molecular weight excluding hydrogens is 236 g/mol. The summed E-state index contributed by atoms with van der Waals surface area (Å²) in [5.41, 5.74) is -0.0244. The highest BCUT2D eigenvalue weighted by Crippen LogP contribution is 2.22. The van der Waals surface area contributed by atoms with Crippen LogP contribution in [0, 0.1) is 23.5 Å². The molecule has 4 heteroatoms. The fourth-order valence-corrected chi connectivity index (χ4v) is 2.38. The standard InChI is InChI=1S/C14H17F2NO/c1-9-6-17(7-10(9)2)8-14(18)12-4-3-11(15)5-13(12)16/h3-5,9-10H,6-8H2,1-2H3. The molecule has 18 heavy (non-hydrogen) atoms. The van der Waals surface area contributed by atoms with E-state index in [1.54, 1.807) is 0 Å². The van der Waals surface area contributed by atoms with Gasteiger partial charge in [0.15, 0.2) is 5.78 Å². The first-order valence-corrected chi connectivity index (χ1v) is 6.18. The molecule has 2 atom stereocenters. The number of carbonyl (C=O) groups is 1. The van der Waals surface area contributed by atoms with E-state index in [-0.39, 0.29) is 17.9 Å². The van der Waals surface area contributed by atoms with Crippen molar-refractivity contribution in [2.24, 2.45) is 11.8 Å². The fraction of sp³-hybridized carbons (Fsp3) is 0.500. The van der Waals surface area contributed by atoms with Crippen molar-refractivity contribution in [3.05, 3.63) is 35.4 Å². The second-order valence-corrected chi connectivity index (χ2v) is 5.20. The van der Waals surface area contributed by atoms with Crippen molar-refractivity contribution >= 4 is 5.78 Å². The summed E-state index contributed by atoms with van der Waals surface area (Å²) in [6, 6.07) is 3.09. The molecule has 0 spiro atoms. The minimum Gasteiger partial charge on any atom is -0.295 e. The highest BCUT2D eigenvalue weighted by Gasteiger charge is 2.27. The zero-order chi connectivity index (χ0) is 13.3. The van der Waals surface area contributed by atoms with E-state index in [4.69, 9.17) is 0 Å². The molecule has 2 nitrogen and oxygen atoms in total. The number of carbonyl (C=O) groups excluding carboxylic acids is 1. The highest BCUT2D eigenvalue weighted by atomic mass is 19.1. The normalized spacial score (nSPS) is 24.4. The van der Waals surface area contributed by atoms with Gasteiger partial charge in [-0.15, -0.1) is 0 Å². The zero-order valence-corrected chi connectivity index (χ0v) is 10.6. The van der Waals surface area contributed by atoms with Gasteiger partial charge in [-0.3, -0.25) is 9.69 Å². The molecule has 0 amide bonds. The third kappa shape index (κ3) is 2.75. The first-order valence-electron chi connectivity index (χ1n) is 6.18. The molecule has 1 aliphatic rings. The quantitative estimate of drug-likeness (QED) is 0.772. The lowest BCUT2D eigenvalue weighted by molar-refractivity contribution is 0.0938. The number of nitrogens with zero attached hydrogens (tertiary/aromatic N) is 1. The molecule has 2 unspecified atom stereocenters. The summed E-state index contributed by atoms with van der Waals surface area (Å²) >= 11 is 0. The molecule has 0 saturated carbocycles. The topological polar surface area (TPSA) is 20.3 Å². The molecule has 0 aromatic heterocycles. The molecule has 1 aliphatic heterocycles. The Morgan fingerprint density at radius 1 is 1.28 bits per heavy atom. The first kappa shape index (κ1) is 13.1. The molecule has 0 radical (unpaired) electrons. The van der Waals surface area contributed by atoms with E-state index in [1.165, 1.54) is 6.07 Å². The van der Waals surface area contributed by atoms with Gasteiger partial charge in [-0.25, -0.2) is 8.78 Å². The summed E-state index contributed by atoms with van der Waals surface area (Å²) in [6.07, 6.45) is 0. The predicted octanol–water partition coefficient (Wildman–Crippen LogP) is 2.74. The number of likely N-dealkylation sites (tertiary alicyclic amines) is 1. The number of hydrogen-bond acceptors (Lipinski definition) is 2.